The lowest BCUT2D eigenvalue weighted by molar-refractivity contribution is -0.0704. The van der Waals surface area contributed by atoms with Crippen LogP contribution in [0.4, 0.5) is 0 Å². The number of morpholine rings is 1. The molecule has 2 heterocycles. The van der Waals surface area contributed by atoms with Gasteiger partial charge in [0.1, 0.15) is 0 Å². The van der Waals surface area contributed by atoms with Gasteiger partial charge in [-0.3, -0.25) is 4.90 Å². The van der Waals surface area contributed by atoms with Crippen LogP contribution in [-0.4, -0.2) is 74.4 Å². The normalized spacial score (nSPS) is 25.3. The van der Waals surface area contributed by atoms with Crippen molar-refractivity contribution >= 4 is 29.9 Å². The Morgan fingerprint density at radius 1 is 1.13 bits per heavy atom. The van der Waals surface area contributed by atoms with E-state index in [9.17, 15) is 0 Å². The number of likely N-dealkylation sites (tertiary alicyclic amines) is 1. The maximum atomic E-state index is 5.84. The van der Waals surface area contributed by atoms with E-state index < -0.39 is 0 Å². The van der Waals surface area contributed by atoms with Crippen LogP contribution >= 0.6 is 24.0 Å². The van der Waals surface area contributed by atoms with Gasteiger partial charge >= 0.3 is 0 Å². The van der Waals surface area contributed by atoms with Crippen molar-refractivity contribution in [2.24, 2.45) is 10.9 Å². The fourth-order valence-electron chi connectivity index (χ4n) is 4.41. The minimum absolute atomic E-state index is 0. The number of aliphatic imine (C=N–C) groups is 1. The number of methoxy groups -OCH3 is 1. The number of nitrogens with one attached hydrogen (secondary N) is 1. The molecule has 2 saturated heterocycles. The van der Waals surface area contributed by atoms with E-state index in [1.165, 1.54) is 17.5 Å². The van der Waals surface area contributed by atoms with Gasteiger partial charge in [-0.2, -0.15) is 0 Å². The molecule has 30 heavy (non-hydrogen) atoms. The van der Waals surface area contributed by atoms with E-state index in [1.807, 2.05) is 0 Å². The number of benzene rings is 1. The zero-order valence-electron chi connectivity index (χ0n) is 19.0. The van der Waals surface area contributed by atoms with Crippen molar-refractivity contribution < 1.29 is 9.47 Å². The molecule has 0 spiro atoms. The summed E-state index contributed by atoms with van der Waals surface area (Å²) in [5.41, 5.74) is 2.60. The fourth-order valence-corrected chi connectivity index (χ4v) is 4.41. The second kappa shape index (κ2) is 12.8. The van der Waals surface area contributed by atoms with Gasteiger partial charge in [0.25, 0.3) is 0 Å². The lowest BCUT2D eigenvalue weighted by atomic mass is 10.1. The first-order valence-electron chi connectivity index (χ1n) is 11.0. The van der Waals surface area contributed by atoms with E-state index >= 15 is 0 Å². The Kier molecular flexibility index (Phi) is 10.8. The topological polar surface area (TPSA) is 49.3 Å². The average Bonchev–Trinajstić information content (AvgIpc) is 3.14. The lowest BCUT2D eigenvalue weighted by Crippen LogP contribution is -2.44. The summed E-state index contributed by atoms with van der Waals surface area (Å²) in [6, 6.07) is 8.92. The van der Waals surface area contributed by atoms with Gasteiger partial charge in [-0.05, 0) is 38.3 Å². The van der Waals surface area contributed by atoms with Gasteiger partial charge in [-0.25, -0.2) is 4.99 Å². The van der Waals surface area contributed by atoms with Crippen molar-refractivity contribution in [3.05, 3.63) is 35.4 Å². The number of ether oxygens (including phenoxy) is 2. The van der Waals surface area contributed by atoms with Crippen LogP contribution in [0.3, 0.4) is 0 Å². The molecule has 0 aromatic heterocycles. The highest BCUT2D eigenvalue weighted by Crippen LogP contribution is 2.17. The van der Waals surface area contributed by atoms with Crippen LogP contribution in [0.2, 0.25) is 0 Å². The number of rotatable bonds is 7. The Morgan fingerprint density at radius 2 is 1.80 bits per heavy atom. The summed E-state index contributed by atoms with van der Waals surface area (Å²) >= 11 is 0. The smallest absolute Gasteiger partial charge is 0.194 e. The number of hydrogen-bond donors (Lipinski definition) is 1. The van der Waals surface area contributed by atoms with Crippen molar-refractivity contribution in [1.29, 1.82) is 0 Å². The molecule has 6 nitrogen and oxygen atoms in total. The predicted molar refractivity (Wildman–Crippen MR) is 134 cm³/mol. The first-order chi connectivity index (χ1) is 14.1. The number of guanidine groups is 1. The third kappa shape index (κ3) is 7.66. The van der Waals surface area contributed by atoms with Crippen LogP contribution in [0, 0.1) is 5.92 Å². The maximum absolute atomic E-state index is 5.84. The Labute approximate surface area is 199 Å². The van der Waals surface area contributed by atoms with E-state index in [-0.39, 0.29) is 24.0 Å². The highest BCUT2D eigenvalue weighted by Gasteiger charge is 2.25. The van der Waals surface area contributed by atoms with E-state index in [1.54, 1.807) is 7.11 Å². The van der Waals surface area contributed by atoms with Crippen molar-refractivity contribution in [3.63, 3.8) is 0 Å². The van der Waals surface area contributed by atoms with Crippen LogP contribution in [0.1, 0.15) is 38.3 Å². The Balaban J connectivity index is 0.00000320. The van der Waals surface area contributed by atoms with Crippen LogP contribution in [-0.2, 0) is 22.6 Å². The molecule has 0 bridgehead atoms. The van der Waals surface area contributed by atoms with E-state index in [4.69, 9.17) is 14.5 Å². The third-order valence-electron chi connectivity index (χ3n) is 5.66. The summed E-state index contributed by atoms with van der Waals surface area (Å²) in [6.07, 6.45) is 1.79. The molecule has 0 aliphatic carbocycles. The maximum Gasteiger partial charge on any atom is 0.194 e. The van der Waals surface area contributed by atoms with E-state index in [2.05, 4.69) is 60.2 Å². The van der Waals surface area contributed by atoms with Crippen molar-refractivity contribution in [2.45, 2.75) is 52.5 Å². The Hall–Kier alpha value is -0.900. The quantitative estimate of drug-likeness (QED) is 0.333. The molecule has 0 radical (unpaired) electrons. The summed E-state index contributed by atoms with van der Waals surface area (Å²) in [6.45, 7) is 13.9. The summed E-state index contributed by atoms with van der Waals surface area (Å²) in [4.78, 5) is 9.74. The van der Waals surface area contributed by atoms with Crippen LogP contribution in [0.15, 0.2) is 29.3 Å². The first-order valence-corrected chi connectivity index (χ1v) is 11.0. The molecular formula is C23H39IN4O2. The lowest BCUT2D eigenvalue weighted by Gasteiger charge is -2.35. The summed E-state index contributed by atoms with van der Waals surface area (Å²) in [5.74, 6) is 1.63. The molecule has 170 valence electrons. The predicted octanol–water partition coefficient (Wildman–Crippen LogP) is 3.35. The SMILES string of the molecule is CCNC(=NCc1ccc(CN2CC(C)OC(C)C2)cc1)N1CCC(COC)C1.I. The summed E-state index contributed by atoms with van der Waals surface area (Å²) < 4.78 is 11.2. The molecule has 2 fully saturated rings. The third-order valence-corrected chi connectivity index (χ3v) is 5.66. The minimum Gasteiger partial charge on any atom is -0.384 e. The first kappa shape index (κ1) is 25.4. The molecule has 2 aliphatic heterocycles. The van der Waals surface area contributed by atoms with Gasteiger partial charge in [-0.1, -0.05) is 24.3 Å². The molecule has 1 N–H and O–H groups in total. The molecule has 1 aromatic rings. The number of hydrogen-bond acceptors (Lipinski definition) is 4. The average molecular weight is 530 g/mol. The van der Waals surface area contributed by atoms with E-state index in [0.717, 1.165) is 51.8 Å². The second-order valence-electron chi connectivity index (χ2n) is 8.49. The molecule has 0 amide bonds. The molecule has 3 atom stereocenters. The molecule has 3 unspecified atom stereocenters. The summed E-state index contributed by atoms with van der Waals surface area (Å²) in [7, 11) is 1.78. The van der Waals surface area contributed by atoms with Gasteiger partial charge in [-0.15, -0.1) is 24.0 Å². The molecular weight excluding hydrogens is 491 g/mol. The van der Waals surface area contributed by atoms with Gasteiger partial charge in [0.05, 0.1) is 25.4 Å². The second-order valence-corrected chi connectivity index (χ2v) is 8.49. The molecule has 3 rings (SSSR count). The van der Waals surface area contributed by atoms with Crippen LogP contribution < -0.4 is 5.32 Å². The standard InChI is InChI=1S/C23H38N4O2.HI/c1-5-24-23(27-11-10-22(16-27)17-28-4)25-12-20-6-8-21(9-7-20)15-26-13-18(2)29-19(3)14-26;/h6-9,18-19,22H,5,10-17H2,1-4H3,(H,24,25);1H. The van der Waals surface area contributed by atoms with Gasteiger partial charge in [0, 0.05) is 52.3 Å². The fraction of sp³-hybridized carbons (Fsp3) is 0.696. The van der Waals surface area contributed by atoms with Gasteiger partial charge in [0.15, 0.2) is 5.96 Å². The van der Waals surface area contributed by atoms with Crippen molar-refractivity contribution in [2.75, 3.05) is 46.4 Å². The van der Waals surface area contributed by atoms with Gasteiger partial charge < -0.3 is 19.7 Å². The molecule has 1 aromatic carbocycles. The van der Waals surface area contributed by atoms with Crippen molar-refractivity contribution in [3.8, 4) is 0 Å². The number of halogens is 1. The zero-order valence-corrected chi connectivity index (χ0v) is 21.3. The largest absolute Gasteiger partial charge is 0.384 e. The van der Waals surface area contributed by atoms with Crippen LogP contribution in [0.25, 0.3) is 0 Å². The molecule has 2 aliphatic rings. The molecule has 0 saturated carbocycles. The zero-order chi connectivity index (χ0) is 20.6. The van der Waals surface area contributed by atoms with Gasteiger partial charge in [0.2, 0.25) is 0 Å². The number of nitrogens with zero attached hydrogens (tertiary/aromatic N) is 3. The monoisotopic (exact) mass is 530 g/mol. The Bertz CT molecular complexity index is 645. The van der Waals surface area contributed by atoms with Crippen molar-refractivity contribution in [1.82, 2.24) is 15.1 Å². The highest BCUT2D eigenvalue weighted by atomic mass is 127. The minimum atomic E-state index is 0. The Morgan fingerprint density at radius 3 is 2.43 bits per heavy atom. The summed E-state index contributed by atoms with van der Waals surface area (Å²) in [5, 5.41) is 3.45. The molecule has 7 heteroatoms. The van der Waals surface area contributed by atoms with Crippen LogP contribution in [0.5, 0.6) is 0 Å². The van der Waals surface area contributed by atoms with E-state index in [0.29, 0.717) is 24.7 Å². The highest BCUT2D eigenvalue weighted by molar-refractivity contribution is 14.0.